The maximum Gasteiger partial charge on any atom is 0.269 e. The molecule has 1 heterocycles. The van der Waals surface area contributed by atoms with Crippen molar-refractivity contribution in [3.8, 4) is 5.75 Å². The van der Waals surface area contributed by atoms with Crippen LogP contribution in [0.4, 0.5) is 11.4 Å². The minimum absolute atomic E-state index is 0.0106. The molecule has 0 aliphatic carbocycles. The van der Waals surface area contributed by atoms with Crippen molar-refractivity contribution in [1.29, 1.82) is 0 Å². The van der Waals surface area contributed by atoms with Crippen LogP contribution in [0.25, 0.3) is 0 Å². The van der Waals surface area contributed by atoms with Crippen molar-refractivity contribution in [3.05, 3.63) is 64.2 Å². The van der Waals surface area contributed by atoms with Gasteiger partial charge in [0, 0.05) is 49.6 Å². The fourth-order valence-corrected chi connectivity index (χ4v) is 3.00. The van der Waals surface area contributed by atoms with Gasteiger partial charge in [-0.1, -0.05) is 0 Å². The lowest BCUT2D eigenvalue weighted by molar-refractivity contribution is -0.384. The van der Waals surface area contributed by atoms with E-state index in [1.54, 1.807) is 24.3 Å². The highest BCUT2D eigenvalue weighted by Crippen LogP contribution is 2.21. The van der Waals surface area contributed by atoms with Gasteiger partial charge in [0.1, 0.15) is 5.75 Å². The van der Waals surface area contributed by atoms with E-state index >= 15 is 0 Å². The van der Waals surface area contributed by atoms with Crippen LogP contribution in [0.2, 0.25) is 0 Å². The Labute approximate surface area is 151 Å². The van der Waals surface area contributed by atoms with Crippen LogP contribution in [0.1, 0.15) is 17.3 Å². The van der Waals surface area contributed by atoms with Crippen LogP contribution in [-0.2, 0) is 0 Å². The molecule has 7 nitrogen and oxygen atoms in total. The van der Waals surface area contributed by atoms with Gasteiger partial charge in [0.2, 0.25) is 0 Å². The number of nitro benzene ring substituents is 1. The standard InChI is InChI=1S/C19H21N3O4/c1-2-26-18-9-3-15(4-10-18)19(23)21-13-11-20(12-14-21)16-5-7-17(8-6-16)22(24)25/h3-10H,2,11-14H2,1H3. The van der Waals surface area contributed by atoms with E-state index in [2.05, 4.69) is 4.90 Å². The third-order valence-corrected chi connectivity index (χ3v) is 4.40. The lowest BCUT2D eigenvalue weighted by Crippen LogP contribution is -2.48. The summed E-state index contributed by atoms with van der Waals surface area (Å²) in [5.41, 5.74) is 1.67. The van der Waals surface area contributed by atoms with Crippen LogP contribution < -0.4 is 9.64 Å². The number of ether oxygens (including phenoxy) is 1. The SMILES string of the molecule is CCOc1ccc(C(=O)N2CCN(c3ccc([N+](=O)[O-])cc3)CC2)cc1. The average molecular weight is 355 g/mol. The summed E-state index contributed by atoms with van der Waals surface area (Å²) < 4.78 is 5.40. The first kappa shape index (κ1) is 17.7. The molecule has 0 spiro atoms. The summed E-state index contributed by atoms with van der Waals surface area (Å²) in [6.07, 6.45) is 0. The maximum absolute atomic E-state index is 12.6. The van der Waals surface area contributed by atoms with E-state index in [0.29, 0.717) is 38.3 Å². The van der Waals surface area contributed by atoms with Crippen molar-refractivity contribution in [2.24, 2.45) is 0 Å². The highest BCUT2D eigenvalue weighted by atomic mass is 16.6. The Hall–Kier alpha value is -3.09. The second-order valence-corrected chi connectivity index (χ2v) is 6.01. The highest BCUT2D eigenvalue weighted by molar-refractivity contribution is 5.94. The quantitative estimate of drug-likeness (QED) is 0.609. The van der Waals surface area contributed by atoms with Crippen LogP contribution in [0.5, 0.6) is 5.75 Å². The van der Waals surface area contributed by atoms with Gasteiger partial charge in [-0.15, -0.1) is 0 Å². The Morgan fingerprint density at radius 1 is 1.04 bits per heavy atom. The molecule has 3 rings (SSSR count). The molecule has 26 heavy (non-hydrogen) atoms. The number of nitro groups is 1. The van der Waals surface area contributed by atoms with Crippen molar-refractivity contribution in [1.82, 2.24) is 4.90 Å². The normalized spacial score (nSPS) is 14.2. The lowest BCUT2D eigenvalue weighted by atomic mass is 10.1. The number of amides is 1. The Bertz CT molecular complexity index is 766. The second kappa shape index (κ2) is 7.86. The van der Waals surface area contributed by atoms with Gasteiger partial charge in [0.25, 0.3) is 11.6 Å². The average Bonchev–Trinajstić information content (AvgIpc) is 2.68. The van der Waals surface area contributed by atoms with Gasteiger partial charge in [-0.25, -0.2) is 0 Å². The maximum atomic E-state index is 12.6. The fraction of sp³-hybridized carbons (Fsp3) is 0.316. The minimum Gasteiger partial charge on any atom is -0.494 e. The first-order valence-electron chi connectivity index (χ1n) is 8.60. The van der Waals surface area contributed by atoms with Gasteiger partial charge >= 0.3 is 0 Å². The predicted octanol–water partition coefficient (Wildman–Crippen LogP) is 2.96. The van der Waals surface area contributed by atoms with Crippen molar-refractivity contribution < 1.29 is 14.5 Å². The zero-order valence-corrected chi connectivity index (χ0v) is 14.6. The van der Waals surface area contributed by atoms with Gasteiger partial charge in [0.15, 0.2) is 0 Å². The molecule has 1 saturated heterocycles. The van der Waals surface area contributed by atoms with Crippen molar-refractivity contribution in [3.63, 3.8) is 0 Å². The number of rotatable bonds is 5. The van der Waals surface area contributed by atoms with Gasteiger partial charge in [-0.05, 0) is 43.3 Å². The van der Waals surface area contributed by atoms with Crippen LogP contribution in [0.3, 0.4) is 0 Å². The van der Waals surface area contributed by atoms with E-state index in [1.807, 2.05) is 24.0 Å². The van der Waals surface area contributed by atoms with Crippen molar-refractivity contribution in [2.75, 3.05) is 37.7 Å². The number of hydrogen-bond donors (Lipinski definition) is 0. The molecule has 0 aromatic heterocycles. The third kappa shape index (κ3) is 3.93. The summed E-state index contributed by atoms with van der Waals surface area (Å²) in [4.78, 5) is 26.9. The van der Waals surface area contributed by atoms with E-state index in [9.17, 15) is 14.9 Å². The topological polar surface area (TPSA) is 75.9 Å². The van der Waals surface area contributed by atoms with E-state index in [4.69, 9.17) is 4.74 Å². The molecule has 0 atom stereocenters. The van der Waals surface area contributed by atoms with Gasteiger partial charge in [0.05, 0.1) is 11.5 Å². The van der Waals surface area contributed by atoms with E-state index in [0.717, 1.165) is 11.4 Å². The summed E-state index contributed by atoms with van der Waals surface area (Å²) in [7, 11) is 0. The van der Waals surface area contributed by atoms with Crippen molar-refractivity contribution in [2.45, 2.75) is 6.92 Å². The van der Waals surface area contributed by atoms with Gasteiger partial charge in [-0.2, -0.15) is 0 Å². The molecule has 2 aromatic rings. The molecule has 0 unspecified atom stereocenters. The summed E-state index contributed by atoms with van der Waals surface area (Å²) in [6, 6.07) is 13.7. The summed E-state index contributed by atoms with van der Waals surface area (Å²) in [6.45, 7) is 5.13. The molecule has 1 aliphatic heterocycles. The second-order valence-electron chi connectivity index (χ2n) is 6.01. The molecule has 0 saturated carbocycles. The molecular formula is C19H21N3O4. The Kier molecular flexibility index (Phi) is 5.36. The predicted molar refractivity (Wildman–Crippen MR) is 98.8 cm³/mol. The number of carbonyl (C=O) groups excluding carboxylic acids is 1. The van der Waals surface area contributed by atoms with Gasteiger partial charge < -0.3 is 14.5 Å². The monoisotopic (exact) mass is 355 g/mol. The Morgan fingerprint density at radius 3 is 2.19 bits per heavy atom. The first-order chi connectivity index (χ1) is 12.6. The number of carbonyl (C=O) groups is 1. The highest BCUT2D eigenvalue weighted by Gasteiger charge is 2.22. The third-order valence-electron chi connectivity index (χ3n) is 4.40. The molecule has 1 aliphatic rings. The molecule has 1 fully saturated rings. The number of nitrogens with zero attached hydrogens (tertiary/aromatic N) is 3. The fourth-order valence-electron chi connectivity index (χ4n) is 3.00. The number of piperazine rings is 1. The first-order valence-corrected chi connectivity index (χ1v) is 8.60. The molecule has 1 amide bonds. The van der Waals surface area contributed by atoms with E-state index in [1.165, 1.54) is 12.1 Å². The van der Waals surface area contributed by atoms with Crippen molar-refractivity contribution >= 4 is 17.3 Å². The molecule has 7 heteroatoms. The van der Waals surface area contributed by atoms with Crippen LogP contribution >= 0.6 is 0 Å². The number of anilines is 1. The summed E-state index contributed by atoms with van der Waals surface area (Å²) in [5, 5.41) is 10.7. The molecule has 0 N–H and O–H groups in total. The Morgan fingerprint density at radius 2 is 1.65 bits per heavy atom. The van der Waals surface area contributed by atoms with Crippen LogP contribution in [0.15, 0.2) is 48.5 Å². The van der Waals surface area contributed by atoms with E-state index in [-0.39, 0.29) is 11.6 Å². The van der Waals surface area contributed by atoms with Gasteiger partial charge in [-0.3, -0.25) is 14.9 Å². The van der Waals surface area contributed by atoms with Crippen LogP contribution in [-0.4, -0.2) is 48.5 Å². The molecule has 0 bridgehead atoms. The molecule has 0 radical (unpaired) electrons. The van der Waals surface area contributed by atoms with E-state index < -0.39 is 4.92 Å². The molecule has 136 valence electrons. The Balaban J connectivity index is 1.59. The summed E-state index contributed by atoms with van der Waals surface area (Å²) in [5.74, 6) is 0.767. The number of benzene rings is 2. The smallest absolute Gasteiger partial charge is 0.269 e. The van der Waals surface area contributed by atoms with Crippen LogP contribution in [0, 0.1) is 10.1 Å². The zero-order chi connectivity index (χ0) is 18.5. The zero-order valence-electron chi connectivity index (χ0n) is 14.6. The number of non-ortho nitro benzene ring substituents is 1. The number of hydrogen-bond acceptors (Lipinski definition) is 5. The molecule has 2 aromatic carbocycles. The largest absolute Gasteiger partial charge is 0.494 e. The molecular weight excluding hydrogens is 334 g/mol. The lowest BCUT2D eigenvalue weighted by Gasteiger charge is -2.36. The minimum atomic E-state index is -0.406. The summed E-state index contributed by atoms with van der Waals surface area (Å²) >= 11 is 0.